The van der Waals surface area contributed by atoms with Gasteiger partial charge >= 0.3 is 5.97 Å². The number of hydrogen-bond acceptors (Lipinski definition) is 4. The standard InChI is InChI=1S/C18H16Cl2N2O4/c1-21-18(25)12-3-2-4-13(9-12)22-16(23)10-26-17(24)8-11-5-6-14(19)15(20)7-11/h2-7,9H,8,10H2,1H3,(H,21,25)(H,22,23). The lowest BCUT2D eigenvalue weighted by molar-refractivity contribution is -0.146. The molecular weight excluding hydrogens is 379 g/mol. The molecule has 0 aromatic heterocycles. The topological polar surface area (TPSA) is 84.5 Å². The van der Waals surface area contributed by atoms with E-state index in [1.807, 2.05) is 0 Å². The van der Waals surface area contributed by atoms with Crippen LogP contribution in [-0.4, -0.2) is 31.4 Å². The van der Waals surface area contributed by atoms with Crippen molar-refractivity contribution in [3.05, 3.63) is 63.6 Å². The van der Waals surface area contributed by atoms with E-state index >= 15 is 0 Å². The third kappa shape index (κ3) is 5.75. The van der Waals surface area contributed by atoms with Gasteiger partial charge in [0.05, 0.1) is 16.5 Å². The van der Waals surface area contributed by atoms with Crippen LogP contribution >= 0.6 is 23.2 Å². The first-order valence-corrected chi connectivity index (χ1v) is 8.36. The summed E-state index contributed by atoms with van der Waals surface area (Å²) in [5.41, 5.74) is 1.46. The molecule has 0 heterocycles. The van der Waals surface area contributed by atoms with Crippen molar-refractivity contribution in [3.8, 4) is 0 Å². The Kier molecular flexibility index (Phi) is 7.00. The van der Waals surface area contributed by atoms with Crippen LogP contribution in [-0.2, 0) is 20.7 Å². The van der Waals surface area contributed by atoms with Crippen LogP contribution in [0.5, 0.6) is 0 Å². The first-order valence-electron chi connectivity index (χ1n) is 7.60. The molecule has 0 saturated heterocycles. The van der Waals surface area contributed by atoms with Crippen molar-refractivity contribution in [3.63, 3.8) is 0 Å². The van der Waals surface area contributed by atoms with Gasteiger partial charge in [0.1, 0.15) is 0 Å². The Hall–Kier alpha value is -2.57. The van der Waals surface area contributed by atoms with Gasteiger partial charge in [0.25, 0.3) is 11.8 Å². The molecule has 2 aromatic rings. The molecule has 0 aliphatic carbocycles. The summed E-state index contributed by atoms with van der Waals surface area (Å²) in [6, 6.07) is 11.2. The quantitative estimate of drug-likeness (QED) is 0.737. The number of amides is 2. The summed E-state index contributed by atoms with van der Waals surface area (Å²) in [6.45, 7) is -0.440. The fraction of sp³-hybridized carbons (Fsp3) is 0.167. The SMILES string of the molecule is CNC(=O)c1cccc(NC(=O)COC(=O)Cc2ccc(Cl)c(Cl)c2)c1. The lowest BCUT2D eigenvalue weighted by Gasteiger charge is -2.08. The number of halogens is 2. The largest absolute Gasteiger partial charge is 0.455 e. The third-order valence-corrected chi connectivity index (χ3v) is 4.07. The molecule has 0 bridgehead atoms. The zero-order chi connectivity index (χ0) is 19.1. The highest BCUT2D eigenvalue weighted by Crippen LogP contribution is 2.22. The lowest BCUT2D eigenvalue weighted by Crippen LogP contribution is -2.22. The molecule has 0 fully saturated rings. The molecule has 2 aromatic carbocycles. The van der Waals surface area contributed by atoms with Crippen LogP contribution in [0.4, 0.5) is 5.69 Å². The van der Waals surface area contributed by atoms with Gasteiger partial charge in [-0.1, -0.05) is 35.3 Å². The van der Waals surface area contributed by atoms with E-state index in [1.165, 1.54) is 13.1 Å². The van der Waals surface area contributed by atoms with E-state index in [0.717, 1.165) is 0 Å². The molecule has 2 N–H and O–H groups in total. The van der Waals surface area contributed by atoms with Crippen LogP contribution in [0.1, 0.15) is 15.9 Å². The first kappa shape index (κ1) is 19.8. The summed E-state index contributed by atoms with van der Waals surface area (Å²) in [7, 11) is 1.51. The summed E-state index contributed by atoms with van der Waals surface area (Å²) >= 11 is 11.7. The summed E-state index contributed by atoms with van der Waals surface area (Å²) in [5, 5.41) is 5.79. The molecule has 2 rings (SSSR count). The predicted molar refractivity (Wildman–Crippen MR) is 99.6 cm³/mol. The maximum Gasteiger partial charge on any atom is 0.310 e. The summed E-state index contributed by atoms with van der Waals surface area (Å²) in [6.07, 6.45) is -0.0314. The van der Waals surface area contributed by atoms with Gasteiger partial charge < -0.3 is 15.4 Å². The van der Waals surface area contributed by atoms with E-state index in [9.17, 15) is 14.4 Å². The van der Waals surface area contributed by atoms with Crippen molar-refractivity contribution in [2.75, 3.05) is 19.0 Å². The molecule has 0 atom stereocenters. The molecular formula is C18H16Cl2N2O4. The Morgan fingerprint density at radius 3 is 2.50 bits per heavy atom. The predicted octanol–water partition coefficient (Wildman–Crippen LogP) is 3.08. The average molecular weight is 395 g/mol. The minimum atomic E-state index is -0.572. The molecule has 0 unspecified atom stereocenters. The fourth-order valence-electron chi connectivity index (χ4n) is 2.09. The number of anilines is 1. The second-order valence-corrected chi connectivity index (χ2v) is 6.11. The van der Waals surface area contributed by atoms with Crippen LogP contribution in [0.15, 0.2) is 42.5 Å². The maximum absolute atomic E-state index is 11.9. The lowest BCUT2D eigenvalue weighted by atomic mass is 10.1. The monoisotopic (exact) mass is 394 g/mol. The molecule has 6 nitrogen and oxygen atoms in total. The molecule has 26 heavy (non-hydrogen) atoms. The number of carbonyl (C=O) groups excluding carboxylic acids is 3. The highest BCUT2D eigenvalue weighted by Gasteiger charge is 2.11. The van der Waals surface area contributed by atoms with Gasteiger partial charge in [0.2, 0.25) is 0 Å². The summed E-state index contributed by atoms with van der Waals surface area (Å²) in [4.78, 5) is 35.3. The molecule has 0 aliphatic rings. The Labute approximate surface area is 160 Å². The van der Waals surface area contributed by atoms with Crippen molar-refractivity contribution in [1.29, 1.82) is 0 Å². The van der Waals surface area contributed by atoms with Gasteiger partial charge in [-0.3, -0.25) is 14.4 Å². The number of rotatable bonds is 6. The van der Waals surface area contributed by atoms with Gasteiger partial charge in [0.15, 0.2) is 6.61 Å². The Morgan fingerprint density at radius 1 is 1.04 bits per heavy atom. The molecule has 0 spiro atoms. The van der Waals surface area contributed by atoms with Gasteiger partial charge in [-0.05, 0) is 35.9 Å². The van der Waals surface area contributed by atoms with E-state index in [2.05, 4.69) is 10.6 Å². The van der Waals surface area contributed by atoms with E-state index in [-0.39, 0.29) is 12.3 Å². The first-order chi connectivity index (χ1) is 12.4. The molecule has 8 heteroatoms. The Morgan fingerprint density at radius 2 is 1.81 bits per heavy atom. The summed E-state index contributed by atoms with van der Waals surface area (Å²) in [5.74, 6) is -1.35. The van der Waals surface area contributed by atoms with Crippen molar-refractivity contribution in [2.24, 2.45) is 0 Å². The zero-order valence-corrected chi connectivity index (χ0v) is 15.4. The van der Waals surface area contributed by atoms with Crippen LogP contribution in [0.3, 0.4) is 0 Å². The molecule has 0 radical (unpaired) electrons. The molecule has 2 amide bonds. The highest BCUT2D eigenvalue weighted by molar-refractivity contribution is 6.42. The normalized spacial score (nSPS) is 10.1. The minimum Gasteiger partial charge on any atom is -0.455 e. The zero-order valence-electron chi connectivity index (χ0n) is 13.8. The van der Waals surface area contributed by atoms with Crippen LogP contribution in [0.2, 0.25) is 10.0 Å². The molecule has 0 saturated carbocycles. The Bertz CT molecular complexity index is 840. The minimum absolute atomic E-state index is 0.0314. The number of nitrogens with one attached hydrogen (secondary N) is 2. The number of benzene rings is 2. The van der Waals surface area contributed by atoms with Crippen LogP contribution in [0, 0.1) is 0 Å². The smallest absolute Gasteiger partial charge is 0.310 e. The van der Waals surface area contributed by atoms with Crippen molar-refractivity contribution in [2.45, 2.75) is 6.42 Å². The van der Waals surface area contributed by atoms with Crippen molar-refractivity contribution >= 4 is 46.7 Å². The van der Waals surface area contributed by atoms with Gasteiger partial charge in [0, 0.05) is 18.3 Å². The van der Waals surface area contributed by atoms with Crippen LogP contribution < -0.4 is 10.6 Å². The summed E-state index contributed by atoms with van der Waals surface area (Å²) < 4.78 is 4.94. The van der Waals surface area contributed by atoms with Crippen LogP contribution in [0.25, 0.3) is 0 Å². The Balaban J connectivity index is 1.85. The van der Waals surface area contributed by atoms with E-state index in [1.54, 1.807) is 36.4 Å². The second kappa shape index (κ2) is 9.22. The second-order valence-electron chi connectivity index (χ2n) is 5.29. The number of carbonyl (C=O) groups is 3. The van der Waals surface area contributed by atoms with Gasteiger partial charge in [-0.25, -0.2) is 0 Å². The van der Waals surface area contributed by atoms with Crippen molar-refractivity contribution < 1.29 is 19.1 Å². The maximum atomic E-state index is 11.9. The number of ether oxygens (including phenoxy) is 1. The fourth-order valence-corrected chi connectivity index (χ4v) is 2.41. The van der Waals surface area contributed by atoms with E-state index in [0.29, 0.717) is 26.9 Å². The number of esters is 1. The molecule has 0 aliphatic heterocycles. The number of hydrogen-bond donors (Lipinski definition) is 2. The van der Waals surface area contributed by atoms with E-state index < -0.39 is 18.5 Å². The van der Waals surface area contributed by atoms with E-state index in [4.69, 9.17) is 27.9 Å². The van der Waals surface area contributed by atoms with Crippen molar-refractivity contribution in [1.82, 2.24) is 5.32 Å². The average Bonchev–Trinajstić information content (AvgIpc) is 2.62. The highest BCUT2D eigenvalue weighted by atomic mass is 35.5. The van der Waals surface area contributed by atoms with Gasteiger partial charge in [-0.2, -0.15) is 0 Å². The molecule has 136 valence electrons. The third-order valence-electron chi connectivity index (χ3n) is 3.33. The van der Waals surface area contributed by atoms with Gasteiger partial charge in [-0.15, -0.1) is 0 Å².